The van der Waals surface area contributed by atoms with Crippen molar-refractivity contribution in [1.82, 2.24) is 10.1 Å². The molecule has 0 aliphatic rings. The van der Waals surface area contributed by atoms with Crippen molar-refractivity contribution in [3.63, 3.8) is 0 Å². The summed E-state index contributed by atoms with van der Waals surface area (Å²) >= 11 is 0. The lowest BCUT2D eigenvalue weighted by Gasteiger charge is -2.08. The van der Waals surface area contributed by atoms with Crippen molar-refractivity contribution >= 4 is 5.69 Å². The summed E-state index contributed by atoms with van der Waals surface area (Å²) in [5, 5.41) is 6.89. The van der Waals surface area contributed by atoms with Gasteiger partial charge in [-0.1, -0.05) is 17.3 Å². The molecule has 0 fully saturated rings. The molecular formula is C11H13N3O2. The third kappa shape index (κ3) is 2.31. The van der Waals surface area contributed by atoms with E-state index < -0.39 is 0 Å². The number of ether oxygens (including phenoxy) is 1. The van der Waals surface area contributed by atoms with Gasteiger partial charge < -0.3 is 14.6 Å². The lowest BCUT2D eigenvalue weighted by Crippen LogP contribution is -2.01. The van der Waals surface area contributed by atoms with Crippen LogP contribution in [0, 0.1) is 6.92 Å². The van der Waals surface area contributed by atoms with Gasteiger partial charge in [0.15, 0.2) is 5.82 Å². The Morgan fingerprint density at radius 3 is 2.88 bits per heavy atom. The fourth-order valence-corrected chi connectivity index (χ4v) is 1.37. The van der Waals surface area contributed by atoms with Gasteiger partial charge in [-0.05, 0) is 19.1 Å². The van der Waals surface area contributed by atoms with Gasteiger partial charge >= 0.3 is 0 Å². The van der Waals surface area contributed by atoms with Crippen LogP contribution in [-0.2, 0) is 6.54 Å². The number of nitrogens with one attached hydrogen (secondary N) is 1. The lowest BCUT2D eigenvalue weighted by molar-refractivity contribution is 0.379. The standard InChI is InChI=1S/C11H13N3O2/c1-8-13-11(16-14-8)7-12-9-5-3-4-6-10(9)15-2/h3-6,12H,7H2,1-2H3. The highest BCUT2D eigenvalue weighted by atomic mass is 16.5. The third-order valence-corrected chi connectivity index (χ3v) is 2.11. The maximum absolute atomic E-state index is 5.21. The van der Waals surface area contributed by atoms with Crippen LogP contribution in [0.15, 0.2) is 28.8 Å². The molecule has 5 heteroatoms. The van der Waals surface area contributed by atoms with Crippen LogP contribution in [0.1, 0.15) is 11.7 Å². The van der Waals surface area contributed by atoms with Crippen LogP contribution in [0.3, 0.4) is 0 Å². The molecule has 0 saturated carbocycles. The number of aromatic nitrogens is 2. The first-order chi connectivity index (χ1) is 7.79. The second-order valence-electron chi connectivity index (χ2n) is 3.29. The Balaban J connectivity index is 2.04. The van der Waals surface area contributed by atoms with Gasteiger partial charge in [0.2, 0.25) is 5.89 Å². The summed E-state index contributed by atoms with van der Waals surface area (Å²) in [6, 6.07) is 7.67. The minimum absolute atomic E-state index is 0.487. The molecule has 0 unspecified atom stereocenters. The first-order valence-corrected chi connectivity index (χ1v) is 4.95. The van der Waals surface area contributed by atoms with Crippen LogP contribution < -0.4 is 10.1 Å². The Morgan fingerprint density at radius 1 is 1.38 bits per heavy atom. The third-order valence-electron chi connectivity index (χ3n) is 2.11. The zero-order valence-corrected chi connectivity index (χ0v) is 9.23. The number of hydrogen-bond acceptors (Lipinski definition) is 5. The van der Waals surface area contributed by atoms with E-state index in [1.54, 1.807) is 14.0 Å². The summed E-state index contributed by atoms with van der Waals surface area (Å²) in [7, 11) is 1.64. The summed E-state index contributed by atoms with van der Waals surface area (Å²) in [5.74, 6) is 1.99. The van der Waals surface area contributed by atoms with Gasteiger partial charge in [-0.3, -0.25) is 0 Å². The van der Waals surface area contributed by atoms with Crippen molar-refractivity contribution in [2.24, 2.45) is 0 Å². The zero-order chi connectivity index (χ0) is 11.4. The number of methoxy groups -OCH3 is 1. The molecule has 1 heterocycles. The normalized spacial score (nSPS) is 10.1. The number of aryl methyl sites for hydroxylation is 1. The average molecular weight is 219 g/mol. The summed E-state index contributed by atoms with van der Waals surface area (Å²) in [6.07, 6.45) is 0. The van der Waals surface area contributed by atoms with Crippen LogP contribution in [0.4, 0.5) is 5.69 Å². The van der Waals surface area contributed by atoms with Gasteiger partial charge in [0.25, 0.3) is 0 Å². The maximum atomic E-state index is 5.21. The molecule has 84 valence electrons. The van der Waals surface area contributed by atoms with Crippen LogP contribution >= 0.6 is 0 Å². The van der Waals surface area contributed by atoms with Gasteiger partial charge in [0.05, 0.1) is 19.3 Å². The predicted octanol–water partition coefficient (Wildman–Crippen LogP) is 2.00. The summed E-state index contributed by atoms with van der Waals surface area (Å²) in [5.41, 5.74) is 0.904. The number of nitrogens with zero attached hydrogens (tertiary/aromatic N) is 2. The van der Waals surface area contributed by atoms with Crippen molar-refractivity contribution in [2.75, 3.05) is 12.4 Å². The van der Waals surface area contributed by atoms with Crippen molar-refractivity contribution in [2.45, 2.75) is 13.5 Å². The Bertz CT molecular complexity index is 468. The maximum Gasteiger partial charge on any atom is 0.245 e. The summed E-state index contributed by atoms with van der Waals surface area (Å²) < 4.78 is 10.2. The molecule has 0 saturated heterocycles. The molecule has 2 rings (SSSR count). The first-order valence-electron chi connectivity index (χ1n) is 4.95. The molecule has 2 aromatic rings. The Labute approximate surface area is 93.4 Å². The molecule has 0 aliphatic heterocycles. The van der Waals surface area contributed by atoms with E-state index in [-0.39, 0.29) is 0 Å². The van der Waals surface area contributed by atoms with Gasteiger partial charge in [0, 0.05) is 0 Å². The highest BCUT2D eigenvalue weighted by molar-refractivity contribution is 5.55. The van der Waals surface area contributed by atoms with Gasteiger partial charge in [0.1, 0.15) is 5.75 Å². The van der Waals surface area contributed by atoms with Gasteiger partial charge in [-0.25, -0.2) is 0 Å². The van der Waals surface area contributed by atoms with E-state index in [0.29, 0.717) is 18.3 Å². The fourth-order valence-electron chi connectivity index (χ4n) is 1.37. The van der Waals surface area contributed by atoms with E-state index in [1.165, 1.54) is 0 Å². The monoisotopic (exact) mass is 219 g/mol. The fraction of sp³-hybridized carbons (Fsp3) is 0.273. The Morgan fingerprint density at radius 2 is 2.19 bits per heavy atom. The van der Waals surface area contributed by atoms with Crippen molar-refractivity contribution in [1.29, 1.82) is 0 Å². The molecule has 1 aromatic carbocycles. The zero-order valence-electron chi connectivity index (χ0n) is 9.23. The van der Waals surface area contributed by atoms with Gasteiger partial charge in [-0.15, -0.1) is 0 Å². The van der Waals surface area contributed by atoms with Gasteiger partial charge in [-0.2, -0.15) is 4.98 Å². The van der Waals surface area contributed by atoms with E-state index in [0.717, 1.165) is 11.4 Å². The van der Waals surface area contributed by atoms with E-state index >= 15 is 0 Å². The molecule has 0 amide bonds. The molecule has 0 atom stereocenters. The molecule has 16 heavy (non-hydrogen) atoms. The Hall–Kier alpha value is -2.04. The average Bonchev–Trinajstić information content (AvgIpc) is 2.73. The number of anilines is 1. The number of para-hydroxylation sites is 2. The smallest absolute Gasteiger partial charge is 0.245 e. The molecule has 0 bridgehead atoms. The molecule has 5 nitrogen and oxygen atoms in total. The van der Waals surface area contributed by atoms with Crippen LogP contribution in [-0.4, -0.2) is 17.3 Å². The highest BCUT2D eigenvalue weighted by Gasteiger charge is 2.04. The van der Waals surface area contributed by atoms with Crippen LogP contribution in [0.5, 0.6) is 5.75 Å². The van der Waals surface area contributed by atoms with Crippen LogP contribution in [0.2, 0.25) is 0 Å². The molecule has 1 aromatic heterocycles. The summed E-state index contributed by atoms with van der Waals surface area (Å²) in [4.78, 5) is 4.10. The van der Waals surface area contributed by atoms with Crippen molar-refractivity contribution in [3.8, 4) is 5.75 Å². The number of rotatable bonds is 4. The SMILES string of the molecule is COc1ccccc1NCc1nc(C)no1. The Kier molecular flexibility index (Phi) is 3.05. The van der Waals surface area contributed by atoms with E-state index in [2.05, 4.69) is 15.5 Å². The van der Waals surface area contributed by atoms with E-state index in [1.807, 2.05) is 24.3 Å². The molecule has 0 radical (unpaired) electrons. The molecular weight excluding hydrogens is 206 g/mol. The van der Waals surface area contributed by atoms with Crippen molar-refractivity contribution < 1.29 is 9.26 Å². The largest absolute Gasteiger partial charge is 0.495 e. The quantitative estimate of drug-likeness (QED) is 0.852. The molecule has 0 spiro atoms. The lowest BCUT2D eigenvalue weighted by atomic mass is 10.3. The second-order valence-corrected chi connectivity index (χ2v) is 3.29. The van der Waals surface area contributed by atoms with Crippen molar-refractivity contribution in [3.05, 3.63) is 36.0 Å². The number of hydrogen-bond donors (Lipinski definition) is 1. The van der Waals surface area contributed by atoms with E-state index in [4.69, 9.17) is 9.26 Å². The number of benzene rings is 1. The molecule has 1 N–H and O–H groups in total. The van der Waals surface area contributed by atoms with E-state index in [9.17, 15) is 0 Å². The topological polar surface area (TPSA) is 60.2 Å². The minimum atomic E-state index is 0.487. The minimum Gasteiger partial charge on any atom is -0.495 e. The first kappa shape index (κ1) is 10.5. The highest BCUT2D eigenvalue weighted by Crippen LogP contribution is 2.23. The van der Waals surface area contributed by atoms with Crippen LogP contribution in [0.25, 0.3) is 0 Å². The predicted molar refractivity (Wildman–Crippen MR) is 59.4 cm³/mol. The second kappa shape index (κ2) is 4.65. The summed E-state index contributed by atoms with van der Waals surface area (Å²) in [6.45, 7) is 2.28. The molecule has 0 aliphatic carbocycles.